The van der Waals surface area contributed by atoms with E-state index in [1.54, 1.807) is 44.2 Å². The molecule has 4 N–H and O–H groups in total. The zero-order chi connectivity index (χ0) is 26.4. The molecule has 0 radical (unpaired) electrons. The maximum atomic E-state index is 13.0. The summed E-state index contributed by atoms with van der Waals surface area (Å²) in [7, 11) is 2.74. The Hall–Kier alpha value is -4.67. The summed E-state index contributed by atoms with van der Waals surface area (Å²) in [5.41, 5.74) is 1.36. The molecule has 1 aromatic heterocycles. The standard InChI is InChI=1S/C25H26N4O7/c1-13-7-5-8-14(2)19(13)22(30)28-21-15(12-26-25(34)29-21)11-16(24(32)33)27-23(31)20-17(35-3)9-6-10-18(20)36-4/h5-10,12,16H,11H2,1-4H3,(H,27,31)(H,32,33)(H2,26,28,29,30,34). The average molecular weight is 495 g/mol. The first kappa shape index (κ1) is 25.9. The lowest BCUT2D eigenvalue weighted by Gasteiger charge is -2.18. The van der Waals surface area contributed by atoms with Gasteiger partial charge < -0.3 is 30.2 Å². The van der Waals surface area contributed by atoms with Crippen molar-refractivity contribution in [2.45, 2.75) is 26.3 Å². The summed E-state index contributed by atoms with van der Waals surface area (Å²) in [6.45, 7) is 3.55. The number of aryl methyl sites for hydroxylation is 2. The second kappa shape index (κ2) is 11.2. The van der Waals surface area contributed by atoms with Crippen LogP contribution in [0, 0.1) is 13.8 Å². The molecule has 1 unspecified atom stereocenters. The van der Waals surface area contributed by atoms with E-state index < -0.39 is 29.5 Å². The number of nitrogens with zero attached hydrogens (tertiary/aromatic N) is 1. The van der Waals surface area contributed by atoms with Crippen LogP contribution in [0.4, 0.5) is 5.82 Å². The van der Waals surface area contributed by atoms with Crippen LogP contribution in [0.25, 0.3) is 0 Å². The van der Waals surface area contributed by atoms with Crippen molar-refractivity contribution in [2.75, 3.05) is 19.5 Å². The minimum atomic E-state index is -1.43. The lowest BCUT2D eigenvalue weighted by Crippen LogP contribution is -2.43. The van der Waals surface area contributed by atoms with Crippen LogP contribution in [0.15, 0.2) is 47.4 Å². The van der Waals surface area contributed by atoms with Crippen molar-refractivity contribution >= 4 is 23.6 Å². The lowest BCUT2D eigenvalue weighted by atomic mass is 10.0. The molecule has 2 amide bonds. The number of hydrogen-bond donors (Lipinski definition) is 4. The predicted molar refractivity (Wildman–Crippen MR) is 131 cm³/mol. The highest BCUT2D eigenvalue weighted by Crippen LogP contribution is 2.28. The van der Waals surface area contributed by atoms with Gasteiger partial charge in [-0.25, -0.2) is 9.59 Å². The normalized spacial score (nSPS) is 11.3. The van der Waals surface area contributed by atoms with Crippen LogP contribution in [0.1, 0.15) is 37.4 Å². The number of nitrogens with one attached hydrogen (secondary N) is 3. The number of aromatic nitrogens is 2. The van der Waals surface area contributed by atoms with Gasteiger partial charge >= 0.3 is 11.7 Å². The topological polar surface area (TPSA) is 160 Å². The maximum Gasteiger partial charge on any atom is 0.346 e. The fourth-order valence-electron chi connectivity index (χ4n) is 3.75. The van der Waals surface area contributed by atoms with E-state index >= 15 is 0 Å². The van der Waals surface area contributed by atoms with Gasteiger partial charge in [0.1, 0.15) is 28.9 Å². The molecule has 3 rings (SSSR count). The monoisotopic (exact) mass is 494 g/mol. The molecule has 0 saturated heterocycles. The van der Waals surface area contributed by atoms with Crippen molar-refractivity contribution in [1.29, 1.82) is 0 Å². The highest BCUT2D eigenvalue weighted by Gasteiger charge is 2.27. The third-order valence-corrected chi connectivity index (χ3v) is 5.51. The number of methoxy groups -OCH3 is 2. The van der Waals surface area contributed by atoms with Crippen LogP contribution in [0.5, 0.6) is 11.5 Å². The van der Waals surface area contributed by atoms with Crippen LogP contribution < -0.4 is 25.8 Å². The third-order valence-electron chi connectivity index (χ3n) is 5.51. The Kier molecular flexibility index (Phi) is 8.05. The Labute approximate surface area is 206 Å². The molecular formula is C25H26N4O7. The van der Waals surface area contributed by atoms with Gasteiger partial charge in [-0.2, -0.15) is 4.98 Å². The molecular weight excluding hydrogens is 468 g/mol. The second-order valence-corrected chi connectivity index (χ2v) is 7.91. The lowest BCUT2D eigenvalue weighted by molar-refractivity contribution is -0.139. The van der Waals surface area contributed by atoms with Crippen molar-refractivity contribution in [3.8, 4) is 11.5 Å². The summed E-state index contributed by atoms with van der Waals surface area (Å²) < 4.78 is 10.4. The number of ether oxygens (including phenoxy) is 2. The second-order valence-electron chi connectivity index (χ2n) is 7.91. The molecule has 0 bridgehead atoms. The summed E-state index contributed by atoms with van der Waals surface area (Å²) in [6.07, 6.45) is 0.964. The Bertz CT molecular complexity index is 1320. The number of aromatic amines is 1. The fraction of sp³-hybridized carbons (Fsp3) is 0.240. The summed E-state index contributed by atoms with van der Waals surface area (Å²) in [5.74, 6) is -2.29. The number of carbonyl (C=O) groups is 3. The third kappa shape index (κ3) is 5.69. The van der Waals surface area contributed by atoms with E-state index in [9.17, 15) is 24.3 Å². The minimum Gasteiger partial charge on any atom is -0.496 e. The number of rotatable bonds is 9. The zero-order valence-electron chi connectivity index (χ0n) is 20.2. The quantitative estimate of drug-likeness (QED) is 0.352. The van der Waals surface area contributed by atoms with E-state index in [2.05, 4.69) is 20.6 Å². The first-order chi connectivity index (χ1) is 17.2. The van der Waals surface area contributed by atoms with E-state index in [-0.39, 0.29) is 34.9 Å². The molecule has 0 saturated carbocycles. The Morgan fingerprint density at radius 2 is 1.56 bits per heavy atom. The molecule has 0 spiro atoms. The Morgan fingerprint density at radius 1 is 0.972 bits per heavy atom. The molecule has 188 valence electrons. The molecule has 0 fully saturated rings. The van der Waals surface area contributed by atoms with Gasteiger partial charge in [0.2, 0.25) is 0 Å². The fourth-order valence-corrected chi connectivity index (χ4v) is 3.75. The molecule has 1 atom stereocenters. The highest BCUT2D eigenvalue weighted by molar-refractivity contribution is 6.06. The van der Waals surface area contributed by atoms with Gasteiger partial charge in [-0.1, -0.05) is 24.3 Å². The number of amides is 2. The Morgan fingerprint density at radius 3 is 2.11 bits per heavy atom. The zero-order valence-corrected chi connectivity index (χ0v) is 20.2. The number of anilines is 1. The smallest absolute Gasteiger partial charge is 0.346 e. The first-order valence-electron chi connectivity index (χ1n) is 10.9. The van der Waals surface area contributed by atoms with Gasteiger partial charge in [-0.3, -0.25) is 9.59 Å². The summed E-state index contributed by atoms with van der Waals surface area (Å²) in [5, 5.41) is 14.8. The molecule has 0 aliphatic carbocycles. The van der Waals surface area contributed by atoms with Crippen molar-refractivity contribution in [1.82, 2.24) is 15.3 Å². The van der Waals surface area contributed by atoms with Crippen molar-refractivity contribution in [3.63, 3.8) is 0 Å². The average Bonchev–Trinajstić information content (AvgIpc) is 2.84. The van der Waals surface area contributed by atoms with Crippen LogP contribution in [-0.2, 0) is 11.2 Å². The number of aliphatic carboxylic acids is 1. The van der Waals surface area contributed by atoms with Gasteiger partial charge in [-0.05, 0) is 37.1 Å². The van der Waals surface area contributed by atoms with Gasteiger partial charge in [0.25, 0.3) is 11.8 Å². The van der Waals surface area contributed by atoms with Crippen molar-refractivity contribution in [3.05, 3.63) is 80.9 Å². The van der Waals surface area contributed by atoms with Gasteiger partial charge in [-0.15, -0.1) is 0 Å². The van der Waals surface area contributed by atoms with Crippen LogP contribution >= 0.6 is 0 Å². The van der Waals surface area contributed by atoms with Gasteiger partial charge in [0.05, 0.1) is 14.2 Å². The van der Waals surface area contributed by atoms with Crippen LogP contribution in [0.2, 0.25) is 0 Å². The van der Waals surface area contributed by atoms with E-state index in [0.29, 0.717) is 5.56 Å². The number of carboxylic acids is 1. The number of carboxylic acid groups (broad SMARTS) is 1. The number of hydrogen-bond acceptors (Lipinski definition) is 7. The van der Waals surface area contributed by atoms with Crippen molar-refractivity contribution in [2.24, 2.45) is 0 Å². The maximum absolute atomic E-state index is 13.0. The molecule has 0 aliphatic rings. The molecule has 11 nitrogen and oxygen atoms in total. The van der Waals surface area contributed by atoms with Gasteiger partial charge in [0, 0.05) is 23.7 Å². The number of carbonyl (C=O) groups excluding carboxylic acids is 2. The molecule has 3 aromatic rings. The SMILES string of the molecule is COc1cccc(OC)c1C(=O)NC(Cc1c[nH]c(=O)nc1NC(=O)c1c(C)cccc1C)C(=O)O. The number of H-pyrrole nitrogens is 1. The van der Waals surface area contributed by atoms with E-state index in [4.69, 9.17) is 9.47 Å². The number of benzene rings is 2. The van der Waals surface area contributed by atoms with Crippen LogP contribution in [-0.4, -0.2) is 53.1 Å². The van der Waals surface area contributed by atoms with E-state index in [0.717, 1.165) is 11.1 Å². The molecule has 0 aliphatic heterocycles. The molecule has 1 heterocycles. The predicted octanol–water partition coefficient (Wildman–Crippen LogP) is 2.08. The largest absolute Gasteiger partial charge is 0.496 e. The van der Waals surface area contributed by atoms with Crippen molar-refractivity contribution < 1.29 is 29.0 Å². The van der Waals surface area contributed by atoms with Crippen LogP contribution in [0.3, 0.4) is 0 Å². The summed E-state index contributed by atoms with van der Waals surface area (Å²) in [4.78, 5) is 56.1. The van der Waals surface area contributed by atoms with E-state index in [1.807, 2.05) is 6.07 Å². The van der Waals surface area contributed by atoms with Gasteiger partial charge in [0.15, 0.2) is 0 Å². The van der Waals surface area contributed by atoms with E-state index in [1.165, 1.54) is 20.4 Å². The molecule has 2 aromatic carbocycles. The summed E-state index contributed by atoms with van der Waals surface area (Å²) in [6, 6.07) is 8.64. The summed E-state index contributed by atoms with van der Waals surface area (Å²) >= 11 is 0. The molecule has 36 heavy (non-hydrogen) atoms. The minimum absolute atomic E-state index is 0.0249. The molecule has 11 heteroatoms. The highest BCUT2D eigenvalue weighted by atomic mass is 16.5. The Balaban J connectivity index is 1.90. The first-order valence-corrected chi connectivity index (χ1v) is 10.9.